The number of nitrogens with zero attached hydrogens (tertiary/aromatic N) is 1. The van der Waals surface area contributed by atoms with Crippen molar-refractivity contribution in [3.63, 3.8) is 0 Å². The molecule has 1 aliphatic rings. The number of carbonyl (C=O) groups excluding carboxylic acids is 2. The minimum atomic E-state index is -0.677. The van der Waals surface area contributed by atoms with Crippen LogP contribution >= 0.6 is 0 Å². The van der Waals surface area contributed by atoms with E-state index in [4.69, 9.17) is 4.74 Å². The molecule has 0 saturated carbocycles. The van der Waals surface area contributed by atoms with Gasteiger partial charge in [0.25, 0.3) is 5.91 Å². The van der Waals surface area contributed by atoms with E-state index in [1.807, 2.05) is 62.4 Å². The van der Waals surface area contributed by atoms with Crippen molar-refractivity contribution in [2.45, 2.75) is 26.1 Å². The highest BCUT2D eigenvalue weighted by atomic mass is 16.6. The molecule has 0 aromatic heterocycles. The lowest BCUT2D eigenvalue weighted by molar-refractivity contribution is -0.143. The van der Waals surface area contributed by atoms with E-state index >= 15 is 0 Å². The number of hydrogen-bond acceptors (Lipinski definition) is 3. The third-order valence-corrected chi connectivity index (χ3v) is 3.99. The normalized spacial score (nSPS) is 20.7. The second kappa shape index (κ2) is 6.24. The Kier molecular flexibility index (Phi) is 4.15. The molecular weight excluding hydrogens is 290 g/mol. The van der Waals surface area contributed by atoms with Crippen LogP contribution in [-0.2, 0) is 9.53 Å². The highest BCUT2D eigenvalue weighted by Crippen LogP contribution is 2.35. The number of hydrogen-bond donors (Lipinski definition) is 0. The molecule has 0 aliphatic carbocycles. The van der Waals surface area contributed by atoms with Crippen LogP contribution in [0, 0.1) is 5.92 Å². The van der Waals surface area contributed by atoms with E-state index in [1.54, 1.807) is 17.0 Å². The first-order valence-electron chi connectivity index (χ1n) is 7.72. The third kappa shape index (κ3) is 2.84. The molecule has 23 heavy (non-hydrogen) atoms. The fourth-order valence-electron chi connectivity index (χ4n) is 2.90. The van der Waals surface area contributed by atoms with Gasteiger partial charge in [-0.3, -0.25) is 9.69 Å². The van der Waals surface area contributed by atoms with Crippen molar-refractivity contribution in [1.29, 1.82) is 0 Å². The maximum Gasteiger partial charge on any atom is 0.331 e. The zero-order valence-electron chi connectivity index (χ0n) is 13.2. The Labute approximate surface area is 135 Å². The Hall–Kier alpha value is -2.62. The summed E-state index contributed by atoms with van der Waals surface area (Å²) in [5, 5.41) is 0. The maximum absolute atomic E-state index is 13.0. The molecule has 0 radical (unpaired) electrons. The second-order valence-electron chi connectivity index (χ2n) is 5.97. The first-order valence-corrected chi connectivity index (χ1v) is 7.72. The first-order chi connectivity index (χ1) is 11.1. The van der Waals surface area contributed by atoms with Gasteiger partial charge in [0.15, 0.2) is 0 Å². The van der Waals surface area contributed by atoms with Crippen LogP contribution in [-0.4, -0.2) is 22.8 Å². The van der Waals surface area contributed by atoms with Crippen molar-refractivity contribution in [3.8, 4) is 0 Å². The van der Waals surface area contributed by atoms with Crippen LogP contribution in [0.25, 0.3) is 0 Å². The lowest BCUT2D eigenvalue weighted by Gasteiger charge is -2.28. The minimum absolute atomic E-state index is 0.0242. The third-order valence-electron chi connectivity index (χ3n) is 3.99. The van der Waals surface area contributed by atoms with E-state index in [0.717, 1.165) is 5.56 Å². The number of ether oxygens (including phenoxy) is 1. The van der Waals surface area contributed by atoms with E-state index in [9.17, 15) is 9.59 Å². The molecule has 3 rings (SSSR count). The van der Waals surface area contributed by atoms with Gasteiger partial charge in [-0.15, -0.1) is 0 Å². The summed E-state index contributed by atoms with van der Waals surface area (Å²) in [5.74, 6) is -0.564. The molecule has 4 heteroatoms. The summed E-state index contributed by atoms with van der Waals surface area (Å²) >= 11 is 0. The Morgan fingerprint density at radius 3 is 2.13 bits per heavy atom. The predicted molar refractivity (Wildman–Crippen MR) is 86.5 cm³/mol. The number of esters is 1. The Bertz CT molecular complexity index is 697. The monoisotopic (exact) mass is 309 g/mol. The van der Waals surface area contributed by atoms with Gasteiger partial charge in [0.1, 0.15) is 6.04 Å². The van der Waals surface area contributed by atoms with Crippen molar-refractivity contribution in [3.05, 3.63) is 71.8 Å². The van der Waals surface area contributed by atoms with Gasteiger partial charge in [-0.2, -0.15) is 0 Å². The fraction of sp³-hybridized carbons (Fsp3) is 0.263. The smallest absolute Gasteiger partial charge is 0.331 e. The number of rotatable bonds is 3. The van der Waals surface area contributed by atoms with Crippen molar-refractivity contribution in [1.82, 2.24) is 4.90 Å². The number of carbonyl (C=O) groups is 2. The molecular formula is C19H19NO3. The van der Waals surface area contributed by atoms with Gasteiger partial charge in [0.2, 0.25) is 6.23 Å². The molecule has 1 fully saturated rings. The van der Waals surface area contributed by atoms with Gasteiger partial charge in [0, 0.05) is 11.1 Å². The Morgan fingerprint density at radius 1 is 1.00 bits per heavy atom. The van der Waals surface area contributed by atoms with Crippen LogP contribution in [0.15, 0.2) is 60.7 Å². The summed E-state index contributed by atoms with van der Waals surface area (Å²) in [5.41, 5.74) is 1.35. The van der Waals surface area contributed by atoms with Crippen LogP contribution in [0.1, 0.15) is 36.0 Å². The van der Waals surface area contributed by atoms with Crippen molar-refractivity contribution >= 4 is 11.9 Å². The SMILES string of the molecule is CC(C)[C@H]1C(=O)O[C@@H](c2ccccc2)N1C(=O)c1ccccc1. The summed E-state index contributed by atoms with van der Waals surface area (Å²) in [6.45, 7) is 3.84. The second-order valence-corrected chi connectivity index (χ2v) is 5.97. The van der Waals surface area contributed by atoms with E-state index in [1.165, 1.54) is 0 Å². The largest absolute Gasteiger partial charge is 0.435 e. The van der Waals surface area contributed by atoms with E-state index in [2.05, 4.69) is 0 Å². The van der Waals surface area contributed by atoms with Gasteiger partial charge in [0.05, 0.1) is 0 Å². The summed E-state index contributed by atoms with van der Waals surface area (Å²) in [7, 11) is 0. The first kappa shape index (κ1) is 15.3. The summed E-state index contributed by atoms with van der Waals surface area (Å²) in [6, 6.07) is 17.8. The lowest BCUT2D eigenvalue weighted by Crippen LogP contribution is -2.42. The molecule has 0 spiro atoms. The predicted octanol–water partition coefficient (Wildman–Crippen LogP) is 3.41. The van der Waals surface area contributed by atoms with Gasteiger partial charge in [-0.1, -0.05) is 62.4 Å². The van der Waals surface area contributed by atoms with Crippen LogP contribution in [0.4, 0.5) is 0 Å². The van der Waals surface area contributed by atoms with Gasteiger partial charge >= 0.3 is 5.97 Å². The molecule has 0 bridgehead atoms. The number of amides is 1. The molecule has 1 amide bonds. The molecule has 1 saturated heterocycles. The zero-order chi connectivity index (χ0) is 16.4. The standard InChI is InChI=1S/C19H19NO3/c1-13(2)16-19(22)23-18(15-11-7-4-8-12-15)20(16)17(21)14-9-5-3-6-10-14/h3-13,16,18H,1-2H3/t16-,18-/m0/s1. The highest BCUT2D eigenvalue weighted by molar-refractivity contribution is 5.98. The summed E-state index contributed by atoms with van der Waals surface area (Å²) in [4.78, 5) is 26.9. The average Bonchev–Trinajstić information content (AvgIpc) is 2.93. The Morgan fingerprint density at radius 2 is 1.57 bits per heavy atom. The molecule has 1 aliphatic heterocycles. The van der Waals surface area contributed by atoms with Crippen LogP contribution < -0.4 is 0 Å². The Balaban J connectivity index is 2.02. The number of cyclic esters (lactones) is 1. The summed E-state index contributed by atoms with van der Waals surface area (Å²) in [6.07, 6.45) is -0.677. The fourth-order valence-corrected chi connectivity index (χ4v) is 2.90. The van der Waals surface area contributed by atoms with E-state index < -0.39 is 12.3 Å². The van der Waals surface area contributed by atoms with Crippen LogP contribution in [0.3, 0.4) is 0 Å². The molecule has 118 valence electrons. The molecule has 0 N–H and O–H groups in total. The van der Waals surface area contributed by atoms with Crippen molar-refractivity contribution in [2.24, 2.45) is 5.92 Å². The van der Waals surface area contributed by atoms with Crippen molar-refractivity contribution < 1.29 is 14.3 Å². The molecule has 0 unspecified atom stereocenters. The molecule has 4 nitrogen and oxygen atoms in total. The van der Waals surface area contributed by atoms with Crippen molar-refractivity contribution in [2.75, 3.05) is 0 Å². The van der Waals surface area contributed by atoms with Gasteiger partial charge in [-0.25, -0.2) is 4.79 Å². The summed E-state index contributed by atoms with van der Waals surface area (Å²) < 4.78 is 5.54. The average molecular weight is 309 g/mol. The van der Waals surface area contributed by atoms with E-state index in [0.29, 0.717) is 5.56 Å². The van der Waals surface area contributed by atoms with Gasteiger partial charge < -0.3 is 4.74 Å². The quantitative estimate of drug-likeness (QED) is 0.816. The van der Waals surface area contributed by atoms with Crippen LogP contribution in [0.2, 0.25) is 0 Å². The topological polar surface area (TPSA) is 46.6 Å². The minimum Gasteiger partial charge on any atom is -0.435 e. The highest BCUT2D eigenvalue weighted by Gasteiger charge is 2.47. The molecule has 2 aromatic carbocycles. The molecule has 2 aromatic rings. The number of benzene rings is 2. The van der Waals surface area contributed by atoms with Crippen LogP contribution in [0.5, 0.6) is 0 Å². The van der Waals surface area contributed by atoms with Gasteiger partial charge in [-0.05, 0) is 18.1 Å². The molecule has 1 heterocycles. The maximum atomic E-state index is 13.0. The molecule has 2 atom stereocenters. The van der Waals surface area contributed by atoms with E-state index in [-0.39, 0.29) is 17.8 Å². The lowest BCUT2D eigenvalue weighted by atomic mass is 10.0. The zero-order valence-corrected chi connectivity index (χ0v) is 13.2.